The molecule has 2 amide bonds. The molecule has 8 nitrogen and oxygen atoms in total. The third-order valence-electron chi connectivity index (χ3n) is 6.88. The molecule has 0 unspecified atom stereocenters. The van der Waals surface area contributed by atoms with Crippen LogP contribution in [-0.4, -0.2) is 28.3 Å². The van der Waals surface area contributed by atoms with Crippen molar-refractivity contribution in [3.8, 4) is 0 Å². The van der Waals surface area contributed by atoms with E-state index in [1.807, 2.05) is 100 Å². The lowest BCUT2D eigenvalue weighted by Crippen LogP contribution is -2.28. The Bertz CT molecular complexity index is 1520. The predicted molar refractivity (Wildman–Crippen MR) is 156 cm³/mol. The first-order valence-corrected chi connectivity index (χ1v) is 13.0. The van der Waals surface area contributed by atoms with Crippen LogP contribution in [0.4, 0.5) is 34.5 Å². The van der Waals surface area contributed by atoms with Crippen LogP contribution in [0.3, 0.4) is 0 Å². The SMILES string of the molecule is Cc1ccc(Nc2cc(C)nc(Nc3ccc(NC(=O)[C@H]4CC(=O)N(c5ccc(C)c(C)c5)C4)cc3)n2)cc1. The van der Waals surface area contributed by atoms with Crippen molar-refractivity contribution in [1.82, 2.24) is 9.97 Å². The standard InChI is InChI=1S/C31H32N6O2/c1-19-5-8-24(9-6-19)33-28-16-22(4)32-31(36-28)35-26-12-10-25(11-13-26)34-30(39)23-17-29(38)37(18-23)27-14-7-20(2)21(3)15-27/h5-16,23H,17-18H2,1-4H3,(H,34,39)(H2,32,33,35,36)/t23-/m0/s1. The number of amides is 2. The Morgan fingerprint density at radius 2 is 1.46 bits per heavy atom. The van der Waals surface area contributed by atoms with E-state index in [0.29, 0.717) is 24.0 Å². The average Bonchev–Trinajstić information content (AvgIpc) is 3.29. The van der Waals surface area contributed by atoms with Crippen molar-refractivity contribution in [3.63, 3.8) is 0 Å². The zero-order valence-electron chi connectivity index (χ0n) is 22.6. The van der Waals surface area contributed by atoms with Crippen molar-refractivity contribution < 1.29 is 9.59 Å². The smallest absolute Gasteiger partial charge is 0.229 e. The molecule has 5 rings (SSSR count). The topological polar surface area (TPSA) is 99.2 Å². The number of nitrogens with zero attached hydrogens (tertiary/aromatic N) is 3. The minimum absolute atomic E-state index is 0.0349. The van der Waals surface area contributed by atoms with E-state index in [4.69, 9.17) is 0 Å². The number of aryl methyl sites for hydroxylation is 4. The van der Waals surface area contributed by atoms with E-state index >= 15 is 0 Å². The Morgan fingerprint density at radius 3 is 2.18 bits per heavy atom. The summed E-state index contributed by atoms with van der Waals surface area (Å²) in [5.41, 5.74) is 7.55. The first-order valence-electron chi connectivity index (χ1n) is 13.0. The number of benzene rings is 3. The summed E-state index contributed by atoms with van der Waals surface area (Å²) in [6, 6.07) is 23.3. The fraction of sp³-hybridized carbons (Fsp3) is 0.226. The lowest BCUT2D eigenvalue weighted by atomic mass is 10.1. The highest BCUT2D eigenvalue weighted by Gasteiger charge is 2.35. The highest BCUT2D eigenvalue weighted by atomic mass is 16.2. The second kappa shape index (κ2) is 10.9. The fourth-order valence-electron chi connectivity index (χ4n) is 4.51. The van der Waals surface area contributed by atoms with Crippen molar-refractivity contribution in [2.45, 2.75) is 34.1 Å². The molecule has 4 aromatic rings. The molecule has 0 bridgehead atoms. The van der Waals surface area contributed by atoms with Crippen LogP contribution in [0.15, 0.2) is 72.8 Å². The van der Waals surface area contributed by atoms with Gasteiger partial charge < -0.3 is 20.9 Å². The summed E-state index contributed by atoms with van der Waals surface area (Å²) in [5, 5.41) is 9.49. The Labute approximate surface area is 228 Å². The molecule has 0 saturated carbocycles. The number of hydrogen-bond donors (Lipinski definition) is 3. The fourth-order valence-corrected chi connectivity index (χ4v) is 4.51. The third kappa shape index (κ3) is 6.23. The van der Waals surface area contributed by atoms with Gasteiger partial charge in [0.1, 0.15) is 5.82 Å². The van der Waals surface area contributed by atoms with E-state index in [-0.39, 0.29) is 18.2 Å². The van der Waals surface area contributed by atoms with Crippen molar-refractivity contribution in [3.05, 3.63) is 95.2 Å². The van der Waals surface area contributed by atoms with E-state index < -0.39 is 5.92 Å². The van der Waals surface area contributed by atoms with Crippen LogP contribution in [0.5, 0.6) is 0 Å². The molecule has 0 spiro atoms. The molecule has 1 fully saturated rings. The highest BCUT2D eigenvalue weighted by Crippen LogP contribution is 2.28. The number of rotatable bonds is 7. The van der Waals surface area contributed by atoms with E-state index in [9.17, 15) is 9.59 Å². The number of nitrogens with one attached hydrogen (secondary N) is 3. The first-order chi connectivity index (χ1) is 18.7. The van der Waals surface area contributed by atoms with Crippen LogP contribution in [-0.2, 0) is 9.59 Å². The Balaban J connectivity index is 1.20. The third-order valence-corrected chi connectivity index (χ3v) is 6.88. The molecule has 1 atom stereocenters. The van der Waals surface area contributed by atoms with Crippen molar-refractivity contribution in [2.24, 2.45) is 5.92 Å². The molecular formula is C31H32N6O2. The minimum atomic E-state index is -0.406. The number of hydrogen-bond acceptors (Lipinski definition) is 6. The van der Waals surface area contributed by atoms with Crippen LogP contribution >= 0.6 is 0 Å². The first kappa shape index (κ1) is 25.9. The van der Waals surface area contributed by atoms with Gasteiger partial charge in [-0.1, -0.05) is 23.8 Å². The summed E-state index contributed by atoms with van der Waals surface area (Å²) in [6.07, 6.45) is 0.196. The molecule has 8 heteroatoms. The average molecular weight is 521 g/mol. The van der Waals surface area contributed by atoms with Gasteiger partial charge in [-0.05, 0) is 87.4 Å². The second-order valence-corrected chi connectivity index (χ2v) is 10.1. The number of carbonyl (C=O) groups is 2. The van der Waals surface area contributed by atoms with Crippen molar-refractivity contribution in [2.75, 3.05) is 27.4 Å². The van der Waals surface area contributed by atoms with Gasteiger partial charge in [-0.3, -0.25) is 9.59 Å². The molecule has 198 valence electrons. The van der Waals surface area contributed by atoms with Gasteiger partial charge >= 0.3 is 0 Å². The van der Waals surface area contributed by atoms with Crippen LogP contribution in [0.1, 0.15) is 28.8 Å². The largest absolute Gasteiger partial charge is 0.340 e. The van der Waals surface area contributed by atoms with Gasteiger partial charge in [0.25, 0.3) is 0 Å². The van der Waals surface area contributed by atoms with E-state index in [1.165, 1.54) is 11.1 Å². The zero-order valence-corrected chi connectivity index (χ0v) is 22.6. The number of anilines is 6. The lowest BCUT2D eigenvalue weighted by Gasteiger charge is -2.18. The van der Waals surface area contributed by atoms with Gasteiger partial charge in [-0.25, -0.2) is 4.98 Å². The van der Waals surface area contributed by atoms with E-state index in [0.717, 1.165) is 28.3 Å². The predicted octanol–water partition coefficient (Wildman–Crippen LogP) is 6.19. The number of aromatic nitrogens is 2. The van der Waals surface area contributed by atoms with Gasteiger partial charge in [0.15, 0.2) is 0 Å². The zero-order chi connectivity index (χ0) is 27.5. The molecule has 39 heavy (non-hydrogen) atoms. The molecule has 3 aromatic carbocycles. The van der Waals surface area contributed by atoms with Crippen molar-refractivity contribution in [1.29, 1.82) is 0 Å². The lowest BCUT2D eigenvalue weighted by molar-refractivity contribution is -0.122. The molecule has 2 heterocycles. The normalized spacial score (nSPS) is 14.8. The van der Waals surface area contributed by atoms with Crippen LogP contribution in [0.25, 0.3) is 0 Å². The van der Waals surface area contributed by atoms with Gasteiger partial charge in [0, 0.05) is 47.5 Å². The summed E-state index contributed by atoms with van der Waals surface area (Å²) >= 11 is 0. The summed E-state index contributed by atoms with van der Waals surface area (Å²) in [5.74, 6) is 0.560. The Kier molecular flexibility index (Phi) is 7.27. The molecule has 0 radical (unpaired) electrons. The summed E-state index contributed by atoms with van der Waals surface area (Å²) < 4.78 is 0. The molecule has 1 aromatic heterocycles. The molecular weight excluding hydrogens is 488 g/mol. The Morgan fingerprint density at radius 1 is 0.795 bits per heavy atom. The molecule has 1 aliphatic rings. The van der Waals surface area contributed by atoms with E-state index in [2.05, 4.69) is 25.9 Å². The molecule has 0 aliphatic carbocycles. The van der Waals surface area contributed by atoms with Gasteiger partial charge in [-0.15, -0.1) is 0 Å². The maximum Gasteiger partial charge on any atom is 0.229 e. The maximum atomic E-state index is 12.9. The van der Waals surface area contributed by atoms with Crippen LogP contribution in [0, 0.1) is 33.6 Å². The van der Waals surface area contributed by atoms with Gasteiger partial charge in [0.05, 0.1) is 5.92 Å². The molecule has 1 aliphatic heterocycles. The van der Waals surface area contributed by atoms with Crippen LogP contribution in [0.2, 0.25) is 0 Å². The van der Waals surface area contributed by atoms with Gasteiger partial charge in [-0.2, -0.15) is 4.98 Å². The van der Waals surface area contributed by atoms with Crippen molar-refractivity contribution >= 4 is 46.3 Å². The summed E-state index contributed by atoms with van der Waals surface area (Å²) in [4.78, 5) is 36.4. The minimum Gasteiger partial charge on any atom is -0.340 e. The van der Waals surface area contributed by atoms with Crippen LogP contribution < -0.4 is 20.9 Å². The van der Waals surface area contributed by atoms with Gasteiger partial charge in [0.2, 0.25) is 17.8 Å². The summed E-state index contributed by atoms with van der Waals surface area (Å²) in [7, 11) is 0. The monoisotopic (exact) mass is 520 g/mol. The van der Waals surface area contributed by atoms with E-state index in [1.54, 1.807) is 4.90 Å². The Hall–Kier alpha value is -4.72. The molecule has 1 saturated heterocycles. The quantitative estimate of drug-likeness (QED) is 0.269. The highest BCUT2D eigenvalue weighted by molar-refractivity contribution is 6.03. The summed E-state index contributed by atoms with van der Waals surface area (Å²) in [6.45, 7) is 8.40. The second-order valence-electron chi connectivity index (χ2n) is 10.1. The molecule has 3 N–H and O–H groups in total. The maximum absolute atomic E-state index is 12.9. The number of carbonyl (C=O) groups excluding carboxylic acids is 2.